The first-order valence-electron chi connectivity index (χ1n) is 4.61. The lowest BCUT2D eigenvalue weighted by Gasteiger charge is -2.17. The molecule has 1 aromatic rings. The molecule has 0 aromatic carbocycles. The van der Waals surface area contributed by atoms with Crippen molar-refractivity contribution < 1.29 is 9.90 Å². The number of hydrogen-bond donors (Lipinski definition) is 1. The van der Waals surface area contributed by atoms with E-state index in [1.165, 1.54) is 6.07 Å². The second-order valence-electron chi connectivity index (χ2n) is 4.36. The minimum Gasteiger partial charge on any atom is -0.480 e. The van der Waals surface area contributed by atoms with Crippen LogP contribution in [0.3, 0.4) is 0 Å². The van der Waals surface area contributed by atoms with Crippen LogP contribution in [0.5, 0.6) is 0 Å². The second-order valence-corrected chi connectivity index (χ2v) is 4.36. The van der Waals surface area contributed by atoms with Crippen LogP contribution in [0.4, 0.5) is 0 Å². The smallest absolute Gasteiger partial charge is 0.325 e. The van der Waals surface area contributed by atoms with Crippen LogP contribution >= 0.6 is 0 Å². The maximum atomic E-state index is 11.3. The first-order valence-corrected chi connectivity index (χ1v) is 4.61. The third-order valence-corrected chi connectivity index (χ3v) is 1.92. The zero-order valence-corrected chi connectivity index (χ0v) is 9.02. The van der Waals surface area contributed by atoms with Gasteiger partial charge in [0.15, 0.2) is 0 Å². The monoisotopic (exact) mass is 210 g/mol. The van der Waals surface area contributed by atoms with Crippen LogP contribution in [0, 0.1) is 0 Å². The first kappa shape index (κ1) is 11.4. The van der Waals surface area contributed by atoms with Crippen LogP contribution in [-0.2, 0) is 16.8 Å². The van der Waals surface area contributed by atoms with E-state index < -0.39 is 18.1 Å². The standard InChI is InChI=1S/C10H14N2O3/c1-10(2,3)7-4-5-8(13)12(11-7)6-9(14)15/h4-5H,6H2,1-3H3,(H,14,15). The molecule has 5 heteroatoms. The molecule has 0 amide bonds. The lowest BCUT2D eigenvalue weighted by molar-refractivity contribution is -0.138. The fourth-order valence-corrected chi connectivity index (χ4v) is 1.09. The van der Waals surface area contributed by atoms with Gasteiger partial charge >= 0.3 is 5.97 Å². The molecule has 0 aliphatic heterocycles. The van der Waals surface area contributed by atoms with Gasteiger partial charge in [0.05, 0.1) is 5.69 Å². The average molecular weight is 210 g/mol. The zero-order chi connectivity index (χ0) is 11.6. The number of hydrogen-bond acceptors (Lipinski definition) is 3. The van der Waals surface area contributed by atoms with E-state index in [0.29, 0.717) is 5.69 Å². The maximum absolute atomic E-state index is 11.3. The highest BCUT2D eigenvalue weighted by molar-refractivity contribution is 5.66. The van der Waals surface area contributed by atoms with Crippen LogP contribution in [0.2, 0.25) is 0 Å². The Balaban J connectivity index is 3.17. The third-order valence-electron chi connectivity index (χ3n) is 1.92. The molecule has 0 aliphatic carbocycles. The van der Waals surface area contributed by atoms with Gasteiger partial charge in [-0.15, -0.1) is 0 Å². The first-order chi connectivity index (χ1) is 6.80. The molecule has 15 heavy (non-hydrogen) atoms. The van der Waals surface area contributed by atoms with Crippen LogP contribution in [0.25, 0.3) is 0 Å². The molecule has 0 saturated heterocycles. The summed E-state index contributed by atoms with van der Waals surface area (Å²) in [4.78, 5) is 21.8. The molecule has 0 aliphatic rings. The minimum atomic E-state index is -1.07. The lowest BCUT2D eigenvalue weighted by atomic mass is 9.92. The van der Waals surface area contributed by atoms with Gasteiger partial charge in [-0.05, 0) is 6.07 Å². The summed E-state index contributed by atoms with van der Waals surface area (Å²) >= 11 is 0. The normalized spacial score (nSPS) is 11.4. The molecule has 0 spiro atoms. The summed E-state index contributed by atoms with van der Waals surface area (Å²) in [6, 6.07) is 2.97. The highest BCUT2D eigenvalue weighted by Gasteiger charge is 2.17. The number of aliphatic carboxylic acids is 1. The fourth-order valence-electron chi connectivity index (χ4n) is 1.09. The molecule has 0 unspecified atom stereocenters. The minimum absolute atomic E-state index is 0.200. The molecule has 0 saturated carbocycles. The molecule has 82 valence electrons. The van der Waals surface area contributed by atoms with Gasteiger partial charge in [-0.1, -0.05) is 20.8 Å². The summed E-state index contributed by atoms with van der Waals surface area (Å²) in [6.45, 7) is 5.45. The van der Waals surface area contributed by atoms with Crippen LogP contribution < -0.4 is 5.56 Å². The number of nitrogens with zero attached hydrogens (tertiary/aromatic N) is 2. The van der Waals surface area contributed by atoms with E-state index in [4.69, 9.17) is 5.11 Å². The van der Waals surface area contributed by atoms with Crippen LogP contribution in [-0.4, -0.2) is 20.9 Å². The van der Waals surface area contributed by atoms with E-state index in [1.807, 2.05) is 20.8 Å². The van der Waals surface area contributed by atoms with Crippen LogP contribution in [0.1, 0.15) is 26.5 Å². The Morgan fingerprint density at radius 3 is 2.53 bits per heavy atom. The zero-order valence-electron chi connectivity index (χ0n) is 9.02. The Hall–Kier alpha value is -1.65. The topological polar surface area (TPSA) is 72.2 Å². The number of carboxylic acids is 1. The van der Waals surface area contributed by atoms with Crippen molar-refractivity contribution in [1.82, 2.24) is 9.78 Å². The van der Waals surface area contributed by atoms with Gasteiger partial charge in [0.2, 0.25) is 0 Å². The molecule has 1 heterocycles. The van der Waals surface area contributed by atoms with Gasteiger partial charge in [-0.25, -0.2) is 4.68 Å². The Morgan fingerprint density at radius 2 is 2.07 bits per heavy atom. The maximum Gasteiger partial charge on any atom is 0.325 e. The largest absolute Gasteiger partial charge is 0.480 e. The molecule has 5 nitrogen and oxygen atoms in total. The highest BCUT2D eigenvalue weighted by atomic mass is 16.4. The van der Waals surface area contributed by atoms with Gasteiger partial charge in [0.25, 0.3) is 5.56 Å². The number of rotatable bonds is 2. The molecule has 0 bridgehead atoms. The van der Waals surface area contributed by atoms with Gasteiger partial charge in [0, 0.05) is 11.5 Å². The summed E-state index contributed by atoms with van der Waals surface area (Å²) in [5, 5.41) is 12.6. The summed E-state index contributed by atoms with van der Waals surface area (Å²) in [6.07, 6.45) is 0. The number of carbonyl (C=O) groups is 1. The predicted octanol–water partition coefficient (Wildman–Crippen LogP) is 0.625. The lowest BCUT2D eigenvalue weighted by Crippen LogP contribution is -2.29. The van der Waals surface area contributed by atoms with E-state index in [9.17, 15) is 9.59 Å². The number of carboxylic acid groups (broad SMARTS) is 1. The molecule has 1 rings (SSSR count). The van der Waals surface area contributed by atoms with Crippen molar-refractivity contribution in [3.8, 4) is 0 Å². The molecule has 1 N–H and O–H groups in total. The van der Waals surface area contributed by atoms with Crippen molar-refractivity contribution in [3.05, 3.63) is 28.2 Å². The molecular weight excluding hydrogens is 196 g/mol. The van der Waals surface area contributed by atoms with Gasteiger partial charge in [0.1, 0.15) is 6.54 Å². The van der Waals surface area contributed by atoms with Crippen molar-refractivity contribution in [2.24, 2.45) is 0 Å². The molecule has 0 radical (unpaired) electrons. The quantitative estimate of drug-likeness (QED) is 0.776. The van der Waals surface area contributed by atoms with Gasteiger partial charge < -0.3 is 5.11 Å². The molecule has 1 aromatic heterocycles. The van der Waals surface area contributed by atoms with Crippen molar-refractivity contribution in [3.63, 3.8) is 0 Å². The Labute approximate surface area is 87.4 Å². The Morgan fingerprint density at radius 1 is 1.47 bits per heavy atom. The van der Waals surface area contributed by atoms with Crippen molar-refractivity contribution in [1.29, 1.82) is 0 Å². The van der Waals surface area contributed by atoms with Crippen molar-refractivity contribution in [2.75, 3.05) is 0 Å². The van der Waals surface area contributed by atoms with E-state index in [1.54, 1.807) is 6.07 Å². The average Bonchev–Trinajstić information content (AvgIpc) is 2.06. The third kappa shape index (κ3) is 2.90. The molecular formula is C10H14N2O3. The molecule has 0 atom stereocenters. The second kappa shape index (κ2) is 3.84. The Kier molecular flexibility index (Phi) is 2.93. The SMILES string of the molecule is CC(C)(C)c1ccc(=O)n(CC(=O)O)n1. The van der Waals surface area contributed by atoms with Gasteiger partial charge in [-0.2, -0.15) is 5.10 Å². The number of aromatic nitrogens is 2. The van der Waals surface area contributed by atoms with Crippen molar-refractivity contribution >= 4 is 5.97 Å². The fraction of sp³-hybridized carbons (Fsp3) is 0.500. The summed E-state index contributed by atoms with van der Waals surface area (Å²) in [5.41, 5.74) is 0.0993. The van der Waals surface area contributed by atoms with E-state index in [2.05, 4.69) is 5.10 Å². The van der Waals surface area contributed by atoms with E-state index in [0.717, 1.165) is 4.68 Å². The summed E-state index contributed by atoms with van der Waals surface area (Å²) in [7, 11) is 0. The van der Waals surface area contributed by atoms with E-state index >= 15 is 0 Å². The predicted molar refractivity (Wildman–Crippen MR) is 54.8 cm³/mol. The Bertz CT molecular complexity index is 429. The summed E-state index contributed by atoms with van der Waals surface area (Å²) in [5.74, 6) is -1.07. The van der Waals surface area contributed by atoms with Gasteiger partial charge in [-0.3, -0.25) is 9.59 Å². The van der Waals surface area contributed by atoms with Crippen molar-refractivity contribution in [2.45, 2.75) is 32.7 Å². The molecule has 0 fully saturated rings. The summed E-state index contributed by atoms with van der Waals surface area (Å²) < 4.78 is 0.961. The highest BCUT2D eigenvalue weighted by Crippen LogP contribution is 2.17. The van der Waals surface area contributed by atoms with Crippen LogP contribution in [0.15, 0.2) is 16.9 Å². The van der Waals surface area contributed by atoms with E-state index in [-0.39, 0.29) is 5.41 Å².